The standard InChI is InChI=1S/2C27H29FN2O/c1-17-7-6-8-20(13-17)29-16-23-21(22-10-9-19(28)14-25(22)31-5)11-12-24-26(23)18(2)15-27(3,4)30-24;1-17-8-6-7-9-23(17)29-16-22-20(21-11-10-19(28)14-25(21)31-5)12-13-24-26(22)18(2)15-27(3,4)30-24/h2*6-15,29-30H,16H2,1-5H3. The molecule has 0 bridgehead atoms. The predicted octanol–water partition coefficient (Wildman–Crippen LogP) is 14.1. The number of allylic oxidation sites excluding steroid dienone is 2. The summed E-state index contributed by atoms with van der Waals surface area (Å²) in [6.07, 6.45) is 4.52. The monoisotopic (exact) mass is 832 g/mol. The number of fused-ring (bicyclic) bond motifs is 2. The Morgan fingerprint density at radius 3 is 1.50 bits per heavy atom. The van der Waals surface area contributed by atoms with Crippen molar-refractivity contribution in [3.63, 3.8) is 0 Å². The summed E-state index contributed by atoms with van der Waals surface area (Å²) in [5.41, 5.74) is 17.5. The van der Waals surface area contributed by atoms with Crippen molar-refractivity contribution in [3.8, 4) is 33.8 Å². The number of benzene rings is 6. The second-order valence-electron chi connectivity index (χ2n) is 17.5. The fourth-order valence-electron chi connectivity index (χ4n) is 8.95. The van der Waals surface area contributed by atoms with Crippen LogP contribution in [0.1, 0.15) is 74.9 Å². The molecule has 0 saturated carbocycles. The molecule has 320 valence electrons. The van der Waals surface area contributed by atoms with Crippen LogP contribution >= 0.6 is 0 Å². The Kier molecular flexibility index (Phi) is 12.5. The third-order valence-electron chi connectivity index (χ3n) is 11.5. The van der Waals surface area contributed by atoms with E-state index >= 15 is 0 Å². The number of ether oxygens (including phenoxy) is 2. The zero-order chi connectivity index (χ0) is 44.3. The molecular formula is C54H58F2N4O2. The van der Waals surface area contributed by atoms with E-state index in [9.17, 15) is 8.78 Å². The molecule has 0 fully saturated rings. The number of hydrogen-bond donors (Lipinski definition) is 4. The van der Waals surface area contributed by atoms with Gasteiger partial charge in [0.2, 0.25) is 0 Å². The lowest BCUT2D eigenvalue weighted by atomic mass is 9.85. The number of methoxy groups -OCH3 is 2. The van der Waals surface area contributed by atoms with E-state index in [0.717, 1.165) is 56.1 Å². The number of rotatable bonds is 10. The molecular weight excluding hydrogens is 775 g/mol. The summed E-state index contributed by atoms with van der Waals surface area (Å²) in [7, 11) is 3.16. The van der Waals surface area contributed by atoms with Crippen LogP contribution in [0, 0.1) is 25.5 Å². The molecule has 8 heteroatoms. The molecule has 0 unspecified atom stereocenters. The predicted molar refractivity (Wildman–Crippen MR) is 256 cm³/mol. The van der Waals surface area contributed by atoms with Crippen LogP contribution in [-0.2, 0) is 13.1 Å². The molecule has 0 spiro atoms. The molecule has 4 N–H and O–H groups in total. The number of halogens is 2. The summed E-state index contributed by atoms with van der Waals surface area (Å²) >= 11 is 0. The van der Waals surface area contributed by atoms with E-state index in [1.165, 1.54) is 57.7 Å². The summed E-state index contributed by atoms with van der Waals surface area (Å²) in [6, 6.07) is 34.5. The van der Waals surface area contributed by atoms with Gasteiger partial charge in [0.1, 0.15) is 23.1 Å². The summed E-state index contributed by atoms with van der Waals surface area (Å²) in [5.74, 6) is 0.445. The van der Waals surface area contributed by atoms with Crippen LogP contribution in [0.3, 0.4) is 0 Å². The van der Waals surface area contributed by atoms with Gasteiger partial charge in [-0.3, -0.25) is 0 Å². The Morgan fingerprint density at radius 1 is 0.532 bits per heavy atom. The Bertz CT molecular complexity index is 2700. The largest absolute Gasteiger partial charge is 0.496 e. The van der Waals surface area contributed by atoms with Crippen molar-refractivity contribution < 1.29 is 18.3 Å². The van der Waals surface area contributed by atoms with Gasteiger partial charge in [0.15, 0.2) is 0 Å². The van der Waals surface area contributed by atoms with Crippen molar-refractivity contribution in [2.75, 3.05) is 35.5 Å². The Morgan fingerprint density at radius 2 is 1.02 bits per heavy atom. The zero-order valence-corrected chi connectivity index (χ0v) is 37.5. The average Bonchev–Trinajstić information content (AvgIpc) is 3.21. The quantitative estimate of drug-likeness (QED) is 0.110. The molecule has 62 heavy (non-hydrogen) atoms. The van der Waals surface area contributed by atoms with Gasteiger partial charge in [0.05, 0.1) is 25.3 Å². The lowest BCUT2D eigenvalue weighted by Crippen LogP contribution is -2.32. The van der Waals surface area contributed by atoms with Gasteiger partial charge < -0.3 is 30.7 Å². The van der Waals surface area contributed by atoms with E-state index in [2.05, 4.69) is 149 Å². The fourth-order valence-corrected chi connectivity index (χ4v) is 8.95. The highest BCUT2D eigenvalue weighted by atomic mass is 19.1. The number of hydrogen-bond acceptors (Lipinski definition) is 6. The second kappa shape index (κ2) is 17.8. The Hall–Kier alpha value is -6.54. The van der Waals surface area contributed by atoms with Crippen LogP contribution in [0.5, 0.6) is 11.5 Å². The van der Waals surface area contributed by atoms with Crippen molar-refractivity contribution in [3.05, 3.63) is 166 Å². The first-order valence-corrected chi connectivity index (χ1v) is 21.1. The SMILES string of the molecule is COc1cc(F)ccc1-c1ccc2c(c1CNc1cccc(C)c1)C(C)=CC(C)(C)N2.COc1cc(F)ccc1-c1ccc2c(c1CNc1ccccc1C)C(C)=CC(C)(C)N2. The van der Waals surface area contributed by atoms with E-state index in [1.54, 1.807) is 26.4 Å². The van der Waals surface area contributed by atoms with Gasteiger partial charge >= 0.3 is 0 Å². The van der Waals surface area contributed by atoms with Gasteiger partial charge in [0, 0.05) is 70.2 Å². The van der Waals surface area contributed by atoms with Gasteiger partial charge in [-0.05, 0) is 155 Å². The van der Waals surface area contributed by atoms with Gasteiger partial charge in [0.25, 0.3) is 0 Å². The van der Waals surface area contributed by atoms with Crippen LogP contribution in [-0.4, -0.2) is 25.3 Å². The van der Waals surface area contributed by atoms with E-state index < -0.39 is 0 Å². The Balaban J connectivity index is 0.000000186. The molecule has 2 heterocycles. The summed E-state index contributed by atoms with van der Waals surface area (Å²) in [6.45, 7) is 18.4. The van der Waals surface area contributed by atoms with Crippen molar-refractivity contribution in [1.82, 2.24) is 0 Å². The minimum atomic E-state index is -0.308. The highest BCUT2D eigenvalue weighted by Gasteiger charge is 2.28. The third kappa shape index (κ3) is 9.50. The molecule has 0 radical (unpaired) electrons. The molecule has 6 aromatic rings. The highest BCUT2D eigenvalue weighted by molar-refractivity contribution is 5.90. The smallest absolute Gasteiger partial charge is 0.129 e. The highest BCUT2D eigenvalue weighted by Crippen LogP contribution is 2.44. The molecule has 0 atom stereocenters. The minimum absolute atomic E-state index is 0.118. The van der Waals surface area contributed by atoms with Crippen LogP contribution in [0.2, 0.25) is 0 Å². The van der Waals surface area contributed by atoms with E-state index in [-0.39, 0.29) is 22.7 Å². The van der Waals surface area contributed by atoms with Crippen molar-refractivity contribution in [2.45, 2.75) is 79.6 Å². The minimum Gasteiger partial charge on any atom is -0.496 e. The first-order valence-electron chi connectivity index (χ1n) is 21.1. The molecule has 2 aliphatic rings. The topological polar surface area (TPSA) is 66.6 Å². The van der Waals surface area contributed by atoms with Crippen LogP contribution in [0.15, 0.2) is 121 Å². The molecule has 6 nitrogen and oxygen atoms in total. The molecule has 0 saturated heterocycles. The van der Waals surface area contributed by atoms with Crippen molar-refractivity contribution in [2.24, 2.45) is 0 Å². The summed E-state index contributed by atoms with van der Waals surface area (Å²) < 4.78 is 38.8. The lowest BCUT2D eigenvalue weighted by Gasteiger charge is -2.33. The maximum atomic E-state index is 13.9. The maximum absolute atomic E-state index is 13.9. The molecule has 8 rings (SSSR count). The molecule has 0 aliphatic carbocycles. The molecule has 0 amide bonds. The number of aryl methyl sites for hydroxylation is 2. The van der Waals surface area contributed by atoms with Gasteiger partial charge in [-0.15, -0.1) is 0 Å². The van der Waals surface area contributed by atoms with Gasteiger partial charge in [-0.2, -0.15) is 0 Å². The van der Waals surface area contributed by atoms with Gasteiger partial charge in [-0.1, -0.05) is 54.6 Å². The van der Waals surface area contributed by atoms with E-state index in [4.69, 9.17) is 9.47 Å². The third-order valence-corrected chi connectivity index (χ3v) is 11.5. The fraction of sp³-hybridized carbons (Fsp3) is 0.259. The normalized spacial score (nSPS) is 14.3. The van der Waals surface area contributed by atoms with Crippen LogP contribution < -0.4 is 30.7 Å². The average molecular weight is 833 g/mol. The van der Waals surface area contributed by atoms with Crippen LogP contribution in [0.4, 0.5) is 31.5 Å². The summed E-state index contributed by atoms with van der Waals surface area (Å²) in [4.78, 5) is 0. The molecule has 0 aromatic heterocycles. The van der Waals surface area contributed by atoms with E-state index in [1.807, 2.05) is 12.1 Å². The number of para-hydroxylation sites is 1. The molecule has 2 aliphatic heterocycles. The molecule has 6 aromatic carbocycles. The first kappa shape index (κ1) is 43.5. The summed E-state index contributed by atoms with van der Waals surface area (Å²) in [5, 5.41) is 14.5. The number of nitrogens with one attached hydrogen (secondary N) is 4. The Labute approximate surface area is 366 Å². The maximum Gasteiger partial charge on any atom is 0.129 e. The number of anilines is 4. The second-order valence-corrected chi connectivity index (χ2v) is 17.5. The zero-order valence-electron chi connectivity index (χ0n) is 37.5. The van der Waals surface area contributed by atoms with Crippen molar-refractivity contribution in [1.29, 1.82) is 0 Å². The van der Waals surface area contributed by atoms with E-state index in [0.29, 0.717) is 24.6 Å². The first-order chi connectivity index (χ1) is 29.6. The lowest BCUT2D eigenvalue weighted by molar-refractivity contribution is 0.413. The van der Waals surface area contributed by atoms with Crippen LogP contribution in [0.25, 0.3) is 33.4 Å². The van der Waals surface area contributed by atoms with Gasteiger partial charge in [-0.25, -0.2) is 8.78 Å². The van der Waals surface area contributed by atoms with Crippen molar-refractivity contribution >= 4 is 33.9 Å².